The molecule has 2 amide bonds. The highest BCUT2D eigenvalue weighted by Gasteiger charge is 2.34. The number of carbonyl (C=O) groups is 2. The highest BCUT2D eigenvalue weighted by Crippen LogP contribution is 2.27. The van der Waals surface area contributed by atoms with Crippen molar-refractivity contribution < 1.29 is 27.7 Å². The molecule has 0 aliphatic heterocycles. The van der Waals surface area contributed by atoms with Gasteiger partial charge in [-0.25, -0.2) is 8.42 Å². The maximum atomic E-state index is 14.2. The van der Waals surface area contributed by atoms with Crippen LogP contribution in [0.1, 0.15) is 51.0 Å². The van der Waals surface area contributed by atoms with Gasteiger partial charge >= 0.3 is 0 Å². The Labute approximate surface area is 258 Å². The second kappa shape index (κ2) is 14.8. The number of non-ortho nitro benzene ring substituents is 1. The van der Waals surface area contributed by atoms with E-state index in [0.29, 0.717) is 17.7 Å². The predicted octanol–water partition coefficient (Wildman–Crippen LogP) is 5.06. The molecule has 3 aromatic rings. The fourth-order valence-corrected chi connectivity index (χ4v) is 6.86. The summed E-state index contributed by atoms with van der Waals surface area (Å²) in [5.74, 6) is -0.312. The zero-order valence-electron chi connectivity index (χ0n) is 24.9. The first-order chi connectivity index (χ1) is 21.1. The summed E-state index contributed by atoms with van der Waals surface area (Å²) in [4.78, 5) is 39.9. The number of sulfonamides is 1. The normalized spacial score (nSPS) is 14.3. The maximum absolute atomic E-state index is 14.2. The number of nitrogens with one attached hydrogen (secondary N) is 1. The average Bonchev–Trinajstić information content (AvgIpc) is 3.04. The van der Waals surface area contributed by atoms with E-state index in [-0.39, 0.29) is 34.8 Å². The summed E-state index contributed by atoms with van der Waals surface area (Å²) in [7, 11) is -2.75. The number of benzene rings is 3. The van der Waals surface area contributed by atoms with Crippen LogP contribution in [0.3, 0.4) is 0 Å². The fourth-order valence-electron chi connectivity index (χ4n) is 5.42. The third kappa shape index (κ3) is 7.93. The summed E-state index contributed by atoms with van der Waals surface area (Å²) < 4.78 is 34.1. The van der Waals surface area contributed by atoms with E-state index in [0.717, 1.165) is 36.4 Å². The Morgan fingerprint density at radius 2 is 1.68 bits per heavy atom. The number of ether oxygens (including phenoxy) is 1. The molecule has 0 saturated heterocycles. The number of carbonyl (C=O) groups excluding carboxylic acids is 2. The maximum Gasteiger partial charge on any atom is 0.269 e. The van der Waals surface area contributed by atoms with Crippen molar-refractivity contribution in [3.8, 4) is 5.75 Å². The molecule has 0 unspecified atom stereocenters. The summed E-state index contributed by atoms with van der Waals surface area (Å²) in [5, 5.41) is 14.4. The molecule has 0 heterocycles. The molecular formula is C32H38N4O7S. The topological polar surface area (TPSA) is 139 Å². The molecule has 0 bridgehead atoms. The van der Waals surface area contributed by atoms with Crippen molar-refractivity contribution in [3.05, 3.63) is 94.5 Å². The molecule has 1 N–H and O–H groups in total. The van der Waals surface area contributed by atoms with Crippen LogP contribution in [0.4, 0.5) is 11.4 Å². The quantitative estimate of drug-likeness (QED) is 0.208. The highest BCUT2D eigenvalue weighted by molar-refractivity contribution is 7.92. The van der Waals surface area contributed by atoms with E-state index in [2.05, 4.69) is 5.32 Å². The van der Waals surface area contributed by atoms with Crippen LogP contribution in [0.15, 0.2) is 83.8 Å². The summed E-state index contributed by atoms with van der Waals surface area (Å²) in [6.07, 6.45) is 5.21. The van der Waals surface area contributed by atoms with Gasteiger partial charge in [0.05, 0.1) is 22.6 Å². The van der Waals surface area contributed by atoms with Crippen LogP contribution in [0, 0.1) is 10.1 Å². The second-order valence-corrected chi connectivity index (χ2v) is 12.6. The first-order valence-electron chi connectivity index (χ1n) is 14.7. The van der Waals surface area contributed by atoms with E-state index in [1.54, 1.807) is 36.4 Å². The van der Waals surface area contributed by atoms with Gasteiger partial charge in [0, 0.05) is 24.7 Å². The van der Waals surface area contributed by atoms with Crippen molar-refractivity contribution >= 4 is 33.2 Å². The van der Waals surface area contributed by atoms with Crippen LogP contribution in [0.2, 0.25) is 0 Å². The van der Waals surface area contributed by atoms with E-state index < -0.39 is 33.4 Å². The Balaban J connectivity index is 1.72. The van der Waals surface area contributed by atoms with Gasteiger partial charge in [0.15, 0.2) is 0 Å². The number of nitro benzene ring substituents is 1. The molecule has 12 heteroatoms. The fraction of sp³-hybridized carbons (Fsp3) is 0.375. The second-order valence-electron chi connectivity index (χ2n) is 10.7. The lowest BCUT2D eigenvalue weighted by molar-refractivity contribution is -0.384. The SMILES string of the molecule is CC[C@@H](C(=O)NC1CCCCC1)N(Cc1cccc(OC)c1)C(=O)CN(c1ccc([N+](=O)[O-])cc1)S(=O)(=O)c1ccccc1. The molecule has 3 aromatic carbocycles. The molecule has 1 atom stereocenters. The number of methoxy groups -OCH3 is 1. The lowest BCUT2D eigenvalue weighted by atomic mass is 9.95. The molecule has 1 fully saturated rings. The summed E-state index contributed by atoms with van der Waals surface area (Å²) >= 11 is 0. The zero-order chi connectivity index (χ0) is 31.7. The number of hydrogen-bond acceptors (Lipinski definition) is 7. The van der Waals surface area contributed by atoms with Gasteiger partial charge in [-0.3, -0.25) is 24.0 Å². The lowest BCUT2D eigenvalue weighted by Gasteiger charge is -2.34. The van der Waals surface area contributed by atoms with Crippen molar-refractivity contribution in [3.63, 3.8) is 0 Å². The summed E-state index contributed by atoms with van der Waals surface area (Å²) in [5.41, 5.74) is 0.561. The van der Waals surface area contributed by atoms with E-state index in [1.165, 1.54) is 48.4 Å². The van der Waals surface area contributed by atoms with Gasteiger partial charge in [0.25, 0.3) is 15.7 Å². The standard InChI is InChI=1S/C32H38N4O7S/c1-3-30(32(38)33-25-12-6-4-7-13-25)34(22-24-11-10-14-28(21-24)43-2)31(37)23-35(26-17-19-27(20-18-26)36(39)40)44(41,42)29-15-8-5-9-16-29/h5,8-11,14-21,25,30H,3-4,6-7,12-13,22-23H2,1-2H3,(H,33,38)/t30-/m0/s1. The largest absolute Gasteiger partial charge is 0.497 e. The van der Waals surface area contributed by atoms with E-state index in [9.17, 15) is 28.1 Å². The van der Waals surface area contributed by atoms with Gasteiger partial charge in [-0.1, -0.05) is 56.5 Å². The molecular weight excluding hydrogens is 584 g/mol. The Hall–Kier alpha value is -4.45. The van der Waals surface area contributed by atoms with Crippen LogP contribution >= 0.6 is 0 Å². The van der Waals surface area contributed by atoms with Gasteiger partial charge < -0.3 is 15.0 Å². The number of nitrogens with zero attached hydrogens (tertiary/aromatic N) is 3. The van der Waals surface area contributed by atoms with E-state index in [4.69, 9.17) is 4.74 Å². The molecule has 11 nitrogen and oxygen atoms in total. The third-order valence-electron chi connectivity index (χ3n) is 7.78. The van der Waals surface area contributed by atoms with Crippen LogP contribution < -0.4 is 14.4 Å². The van der Waals surface area contributed by atoms with Crippen molar-refractivity contribution in [1.82, 2.24) is 10.2 Å². The highest BCUT2D eigenvalue weighted by atomic mass is 32.2. The lowest BCUT2D eigenvalue weighted by Crippen LogP contribution is -2.54. The third-order valence-corrected chi connectivity index (χ3v) is 9.57. The van der Waals surface area contributed by atoms with Gasteiger partial charge in [-0.05, 0) is 61.2 Å². The van der Waals surface area contributed by atoms with Crippen LogP contribution in [0.5, 0.6) is 5.75 Å². The molecule has 234 valence electrons. The average molecular weight is 623 g/mol. The van der Waals surface area contributed by atoms with E-state index >= 15 is 0 Å². The molecule has 1 aliphatic carbocycles. The number of amides is 2. The zero-order valence-corrected chi connectivity index (χ0v) is 25.7. The number of nitro groups is 1. The van der Waals surface area contributed by atoms with Crippen molar-refractivity contribution in [1.29, 1.82) is 0 Å². The molecule has 0 spiro atoms. The van der Waals surface area contributed by atoms with Crippen molar-refractivity contribution in [2.75, 3.05) is 18.0 Å². The van der Waals surface area contributed by atoms with Crippen LogP contribution in [-0.4, -0.2) is 55.8 Å². The van der Waals surface area contributed by atoms with Gasteiger partial charge in [-0.15, -0.1) is 0 Å². The first-order valence-corrected chi connectivity index (χ1v) is 16.1. The Kier molecular flexibility index (Phi) is 10.9. The molecule has 1 aliphatic rings. The minimum Gasteiger partial charge on any atom is -0.497 e. The van der Waals surface area contributed by atoms with Gasteiger partial charge in [0.2, 0.25) is 11.8 Å². The molecule has 1 saturated carbocycles. The number of rotatable bonds is 13. The summed E-state index contributed by atoms with van der Waals surface area (Å²) in [6, 6.07) is 18.9. The predicted molar refractivity (Wildman–Crippen MR) is 167 cm³/mol. The molecule has 0 radical (unpaired) electrons. The molecule has 4 rings (SSSR count). The Morgan fingerprint density at radius 3 is 2.30 bits per heavy atom. The van der Waals surface area contributed by atoms with Gasteiger partial charge in [0.1, 0.15) is 18.3 Å². The number of anilines is 1. The van der Waals surface area contributed by atoms with Gasteiger partial charge in [-0.2, -0.15) is 0 Å². The Bertz CT molecular complexity index is 1540. The first kappa shape index (κ1) is 32.5. The minimum atomic E-state index is -4.28. The minimum absolute atomic E-state index is 0.0223. The number of hydrogen-bond donors (Lipinski definition) is 1. The summed E-state index contributed by atoms with van der Waals surface area (Å²) in [6.45, 7) is 1.21. The van der Waals surface area contributed by atoms with Crippen molar-refractivity contribution in [2.45, 2.75) is 69.0 Å². The molecule has 0 aromatic heterocycles. The monoisotopic (exact) mass is 622 g/mol. The molecule has 44 heavy (non-hydrogen) atoms. The Morgan fingerprint density at radius 1 is 1.00 bits per heavy atom. The van der Waals surface area contributed by atoms with E-state index in [1.807, 2.05) is 13.0 Å². The van der Waals surface area contributed by atoms with Crippen molar-refractivity contribution in [2.24, 2.45) is 0 Å². The smallest absolute Gasteiger partial charge is 0.269 e. The van der Waals surface area contributed by atoms with Crippen LogP contribution in [-0.2, 0) is 26.2 Å². The van der Waals surface area contributed by atoms with Crippen LogP contribution in [0.25, 0.3) is 0 Å².